The van der Waals surface area contributed by atoms with Gasteiger partial charge in [0.1, 0.15) is 5.92 Å². The molecule has 15 heavy (non-hydrogen) atoms. The summed E-state index contributed by atoms with van der Waals surface area (Å²) < 4.78 is 9.84. The first kappa shape index (κ1) is 13.9. The van der Waals surface area contributed by atoms with Crippen molar-refractivity contribution in [3.05, 3.63) is 0 Å². The molecule has 0 spiro atoms. The van der Waals surface area contributed by atoms with Gasteiger partial charge in [-0.2, -0.15) is 0 Å². The van der Waals surface area contributed by atoms with Gasteiger partial charge >= 0.3 is 5.97 Å². The van der Waals surface area contributed by atoms with Crippen LogP contribution in [0.3, 0.4) is 0 Å². The van der Waals surface area contributed by atoms with Crippen LogP contribution in [0, 0.1) is 5.92 Å². The Morgan fingerprint density at radius 3 is 2.00 bits per heavy atom. The highest BCUT2D eigenvalue weighted by Gasteiger charge is 2.24. The molecular weight excluding hydrogens is 202 g/mol. The van der Waals surface area contributed by atoms with Gasteiger partial charge in [0.25, 0.3) is 0 Å². The average Bonchev–Trinajstić information content (AvgIpc) is 2.18. The van der Waals surface area contributed by atoms with E-state index in [9.17, 15) is 9.59 Å². The number of aliphatic carboxylic acids is 1. The number of carbonyl (C=O) groups is 2. The molecule has 0 aliphatic heterocycles. The minimum atomic E-state index is -1.16. The molecule has 0 heterocycles. The summed E-state index contributed by atoms with van der Waals surface area (Å²) in [5, 5.41) is 11.1. The second-order valence-electron chi connectivity index (χ2n) is 3.20. The van der Waals surface area contributed by atoms with E-state index >= 15 is 0 Å². The van der Waals surface area contributed by atoms with E-state index in [1.165, 1.54) is 21.1 Å². The molecule has 0 bridgehead atoms. The molecular formula is C9H17NO5. The van der Waals surface area contributed by atoms with Gasteiger partial charge in [0.2, 0.25) is 5.91 Å². The fraction of sp³-hybridized carbons (Fsp3) is 0.778. The number of hydrogen-bond donors (Lipinski definition) is 2. The molecule has 0 aliphatic carbocycles. The van der Waals surface area contributed by atoms with Crippen LogP contribution in [0.5, 0.6) is 0 Å². The van der Waals surface area contributed by atoms with E-state index in [1.54, 1.807) is 6.92 Å². The zero-order valence-electron chi connectivity index (χ0n) is 9.31. The summed E-state index contributed by atoms with van der Waals surface area (Å²) >= 11 is 0. The Labute approximate surface area is 88.6 Å². The van der Waals surface area contributed by atoms with E-state index in [0.29, 0.717) is 0 Å². The Morgan fingerprint density at radius 1 is 1.20 bits per heavy atom. The lowest BCUT2D eigenvalue weighted by molar-refractivity contribution is -0.149. The number of nitrogens with one attached hydrogen (secondary N) is 1. The maximum absolute atomic E-state index is 11.3. The number of hydrogen-bond acceptors (Lipinski definition) is 4. The van der Waals surface area contributed by atoms with Crippen LogP contribution in [-0.2, 0) is 19.1 Å². The van der Waals surface area contributed by atoms with Crippen LogP contribution in [0.1, 0.15) is 13.8 Å². The third-order valence-electron chi connectivity index (χ3n) is 2.01. The minimum Gasteiger partial charge on any atom is -0.481 e. The number of methoxy groups -OCH3 is 2. The summed E-state index contributed by atoms with van der Waals surface area (Å²) in [6.45, 7) is 2.99. The Balaban J connectivity index is 4.22. The molecule has 0 aromatic heterocycles. The molecule has 0 aromatic carbocycles. The Hall–Kier alpha value is -1.14. The second-order valence-corrected chi connectivity index (χ2v) is 3.20. The lowest BCUT2D eigenvalue weighted by Crippen LogP contribution is -2.46. The zero-order valence-corrected chi connectivity index (χ0v) is 9.31. The van der Waals surface area contributed by atoms with Crippen molar-refractivity contribution in [2.75, 3.05) is 14.2 Å². The summed E-state index contributed by atoms with van der Waals surface area (Å²) in [4.78, 5) is 21.8. The molecule has 2 N–H and O–H groups in total. The van der Waals surface area contributed by atoms with E-state index in [2.05, 4.69) is 5.32 Å². The molecule has 88 valence electrons. The molecule has 0 rings (SSSR count). The van der Waals surface area contributed by atoms with E-state index in [1.807, 2.05) is 0 Å². The molecule has 0 aromatic rings. The summed E-state index contributed by atoms with van der Waals surface area (Å²) in [5.41, 5.74) is 0. The second kappa shape index (κ2) is 6.36. The summed E-state index contributed by atoms with van der Waals surface area (Å²) in [7, 11) is 2.88. The molecule has 0 radical (unpaired) electrons. The Kier molecular flexibility index (Phi) is 5.88. The monoisotopic (exact) mass is 219 g/mol. The highest BCUT2D eigenvalue weighted by Crippen LogP contribution is 2.01. The Morgan fingerprint density at radius 2 is 1.67 bits per heavy atom. The van der Waals surface area contributed by atoms with Gasteiger partial charge in [-0.05, 0) is 13.8 Å². The number of carbonyl (C=O) groups excluding carboxylic acids is 1. The molecule has 2 atom stereocenters. The largest absolute Gasteiger partial charge is 0.481 e. The van der Waals surface area contributed by atoms with Gasteiger partial charge < -0.3 is 19.9 Å². The first-order chi connectivity index (χ1) is 6.93. The summed E-state index contributed by atoms with van der Waals surface area (Å²) in [5.74, 6) is -2.80. The molecule has 0 saturated carbocycles. The number of ether oxygens (including phenoxy) is 2. The fourth-order valence-electron chi connectivity index (χ4n) is 1.03. The molecule has 2 unspecified atom stereocenters. The van der Waals surface area contributed by atoms with Crippen molar-refractivity contribution in [2.24, 2.45) is 5.92 Å². The Bertz CT molecular complexity index is 227. The molecule has 1 amide bonds. The van der Waals surface area contributed by atoms with Crippen molar-refractivity contribution in [1.29, 1.82) is 0 Å². The van der Waals surface area contributed by atoms with Crippen molar-refractivity contribution in [3.63, 3.8) is 0 Å². The van der Waals surface area contributed by atoms with Crippen LogP contribution in [-0.4, -0.2) is 43.5 Å². The normalized spacial score (nSPS) is 14.7. The van der Waals surface area contributed by atoms with Gasteiger partial charge in [-0.15, -0.1) is 0 Å². The maximum atomic E-state index is 11.3. The highest BCUT2D eigenvalue weighted by atomic mass is 16.7. The van der Waals surface area contributed by atoms with Crippen molar-refractivity contribution in [1.82, 2.24) is 5.32 Å². The lowest BCUT2D eigenvalue weighted by atomic mass is 10.1. The quantitative estimate of drug-likeness (QED) is 0.478. The SMILES string of the molecule is COC(OC)C(C)NC(=O)C(C)C(=O)O. The fourth-order valence-corrected chi connectivity index (χ4v) is 1.03. The maximum Gasteiger partial charge on any atom is 0.315 e. The van der Waals surface area contributed by atoms with E-state index < -0.39 is 30.1 Å². The van der Waals surface area contributed by atoms with Crippen molar-refractivity contribution >= 4 is 11.9 Å². The number of carboxylic acid groups (broad SMARTS) is 1. The number of rotatable bonds is 6. The third-order valence-corrected chi connectivity index (χ3v) is 2.01. The van der Waals surface area contributed by atoms with Crippen LogP contribution < -0.4 is 5.32 Å². The van der Waals surface area contributed by atoms with Crippen molar-refractivity contribution in [3.8, 4) is 0 Å². The molecule has 6 heteroatoms. The van der Waals surface area contributed by atoms with E-state index in [4.69, 9.17) is 14.6 Å². The minimum absolute atomic E-state index is 0.408. The summed E-state index contributed by atoms with van der Waals surface area (Å²) in [6.07, 6.45) is -0.588. The average molecular weight is 219 g/mol. The van der Waals surface area contributed by atoms with Crippen LogP contribution >= 0.6 is 0 Å². The molecule has 0 fully saturated rings. The van der Waals surface area contributed by atoms with E-state index in [0.717, 1.165) is 0 Å². The van der Waals surface area contributed by atoms with Gasteiger partial charge in [-0.25, -0.2) is 0 Å². The first-order valence-electron chi connectivity index (χ1n) is 4.52. The predicted octanol–water partition coefficient (Wildman–Crippen LogP) is -0.169. The number of carboxylic acids is 1. The van der Waals surface area contributed by atoms with Gasteiger partial charge in [0.05, 0.1) is 6.04 Å². The van der Waals surface area contributed by atoms with Crippen LogP contribution in [0.4, 0.5) is 0 Å². The third kappa shape index (κ3) is 4.26. The molecule has 0 saturated heterocycles. The van der Waals surface area contributed by atoms with Crippen molar-refractivity contribution < 1.29 is 24.2 Å². The van der Waals surface area contributed by atoms with E-state index in [-0.39, 0.29) is 0 Å². The van der Waals surface area contributed by atoms with Gasteiger partial charge in [-0.1, -0.05) is 0 Å². The van der Waals surface area contributed by atoms with Gasteiger partial charge in [0, 0.05) is 14.2 Å². The van der Waals surface area contributed by atoms with Crippen LogP contribution in [0.15, 0.2) is 0 Å². The molecule has 6 nitrogen and oxygen atoms in total. The summed E-state index contributed by atoms with van der Waals surface area (Å²) in [6, 6.07) is -0.408. The zero-order chi connectivity index (χ0) is 12.0. The highest BCUT2D eigenvalue weighted by molar-refractivity contribution is 5.96. The standard InChI is InChI=1S/C9H17NO5/c1-5(8(12)13)7(11)10-6(2)9(14-3)15-4/h5-6,9H,1-4H3,(H,10,11)(H,12,13). The van der Waals surface area contributed by atoms with Crippen LogP contribution in [0.2, 0.25) is 0 Å². The van der Waals surface area contributed by atoms with Gasteiger partial charge in [-0.3, -0.25) is 9.59 Å². The topological polar surface area (TPSA) is 84.9 Å². The molecule has 0 aliphatic rings. The van der Waals surface area contributed by atoms with Crippen molar-refractivity contribution in [2.45, 2.75) is 26.2 Å². The predicted molar refractivity (Wildman–Crippen MR) is 52.2 cm³/mol. The smallest absolute Gasteiger partial charge is 0.315 e. The van der Waals surface area contributed by atoms with Crippen LogP contribution in [0.25, 0.3) is 0 Å². The first-order valence-corrected chi connectivity index (χ1v) is 4.52. The van der Waals surface area contributed by atoms with Gasteiger partial charge in [0.15, 0.2) is 6.29 Å². The lowest BCUT2D eigenvalue weighted by Gasteiger charge is -2.22. The number of amides is 1.